The SMILES string of the molecule is CNC1CC(c2ccccc2Cl)C1(C)C. The van der Waals surface area contributed by atoms with E-state index in [2.05, 4.69) is 31.3 Å². The Balaban J connectivity index is 2.25. The van der Waals surface area contributed by atoms with E-state index in [9.17, 15) is 0 Å². The summed E-state index contributed by atoms with van der Waals surface area (Å²) in [5, 5.41) is 4.28. The van der Waals surface area contributed by atoms with Crippen LogP contribution in [0.4, 0.5) is 0 Å². The van der Waals surface area contributed by atoms with E-state index in [1.165, 1.54) is 12.0 Å². The third-order valence-electron chi connectivity index (χ3n) is 3.90. The Kier molecular flexibility index (Phi) is 2.78. The minimum absolute atomic E-state index is 0.305. The van der Waals surface area contributed by atoms with Gasteiger partial charge in [0, 0.05) is 11.1 Å². The van der Waals surface area contributed by atoms with Crippen LogP contribution in [0, 0.1) is 5.41 Å². The Hall–Kier alpha value is -0.530. The van der Waals surface area contributed by atoms with Gasteiger partial charge in [0.2, 0.25) is 0 Å². The second-order valence-electron chi connectivity index (χ2n) is 4.97. The molecule has 0 saturated heterocycles. The molecule has 0 aliphatic heterocycles. The second-order valence-corrected chi connectivity index (χ2v) is 5.38. The van der Waals surface area contributed by atoms with Gasteiger partial charge in [-0.3, -0.25) is 0 Å². The largest absolute Gasteiger partial charge is 0.316 e. The van der Waals surface area contributed by atoms with Crippen LogP contribution in [0.15, 0.2) is 24.3 Å². The minimum atomic E-state index is 0.305. The molecule has 0 bridgehead atoms. The van der Waals surface area contributed by atoms with Crippen LogP contribution in [0.1, 0.15) is 31.7 Å². The van der Waals surface area contributed by atoms with Gasteiger partial charge in [0.05, 0.1) is 0 Å². The zero-order chi connectivity index (χ0) is 11.1. The fraction of sp³-hybridized carbons (Fsp3) is 0.538. The number of benzene rings is 1. The van der Waals surface area contributed by atoms with Gasteiger partial charge in [0.25, 0.3) is 0 Å². The van der Waals surface area contributed by atoms with Crippen LogP contribution in [0.25, 0.3) is 0 Å². The lowest BCUT2D eigenvalue weighted by atomic mass is 9.56. The quantitative estimate of drug-likeness (QED) is 0.810. The van der Waals surface area contributed by atoms with Gasteiger partial charge < -0.3 is 5.32 Å². The fourth-order valence-electron chi connectivity index (χ4n) is 2.70. The molecule has 1 aromatic rings. The highest BCUT2D eigenvalue weighted by Gasteiger charge is 2.48. The highest BCUT2D eigenvalue weighted by atomic mass is 35.5. The number of hydrogen-bond donors (Lipinski definition) is 1. The predicted molar refractivity (Wildman–Crippen MR) is 65.4 cm³/mol. The number of hydrogen-bond acceptors (Lipinski definition) is 1. The normalized spacial score (nSPS) is 28.5. The van der Waals surface area contributed by atoms with E-state index in [0.717, 1.165) is 5.02 Å². The molecule has 0 amide bonds. The van der Waals surface area contributed by atoms with Gasteiger partial charge in [-0.15, -0.1) is 0 Å². The Morgan fingerprint density at radius 1 is 1.33 bits per heavy atom. The third-order valence-corrected chi connectivity index (χ3v) is 4.24. The molecule has 82 valence electrons. The van der Waals surface area contributed by atoms with E-state index >= 15 is 0 Å². The van der Waals surface area contributed by atoms with E-state index in [1.54, 1.807) is 0 Å². The molecule has 2 heteroatoms. The van der Waals surface area contributed by atoms with Crippen LogP contribution < -0.4 is 5.32 Å². The maximum atomic E-state index is 6.23. The summed E-state index contributed by atoms with van der Waals surface area (Å²) in [6.07, 6.45) is 1.19. The Morgan fingerprint density at radius 2 is 2.00 bits per heavy atom. The predicted octanol–water partition coefficient (Wildman–Crippen LogP) is 3.44. The second kappa shape index (κ2) is 3.80. The zero-order valence-corrected chi connectivity index (χ0v) is 10.3. The first-order valence-electron chi connectivity index (χ1n) is 5.49. The summed E-state index contributed by atoms with van der Waals surface area (Å²) >= 11 is 6.23. The molecule has 0 radical (unpaired) electrons. The summed E-state index contributed by atoms with van der Waals surface area (Å²) in [5.74, 6) is 0.587. The summed E-state index contributed by atoms with van der Waals surface area (Å²) in [4.78, 5) is 0. The van der Waals surface area contributed by atoms with Crippen molar-refractivity contribution in [2.75, 3.05) is 7.05 Å². The molecule has 2 atom stereocenters. The molecule has 1 aliphatic carbocycles. The van der Waals surface area contributed by atoms with Crippen molar-refractivity contribution >= 4 is 11.6 Å². The molecule has 2 rings (SSSR count). The lowest BCUT2D eigenvalue weighted by molar-refractivity contribution is 0.0752. The lowest BCUT2D eigenvalue weighted by Gasteiger charge is -2.52. The monoisotopic (exact) mass is 223 g/mol. The van der Waals surface area contributed by atoms with Gasteiger partial charge in [-0.25, -0.2) is 0 Å². The van der Waals surface area contributed by atoms with Crippen molar-refractivity contribution in [3.05, 3.63) is 34.9 Å². The highest BCUT2D eigenvalue weighted by molar-refractivity contribution is 6.31. The first-order chi connectivity index (χ1) is 7.07. The van der Waals surface area contributed by atoms with Gasteiger partial charge in [0.1, 0.15) is 0 Å². The molecular weight excluding hydrogens is 206 g/mol. The average Bonchev–Trinajstić information content (AvgIpc) is 2.20. The van der Waals surface area contributed by atoms with Crippen molar-refractivity contribution in [3.63, 3.8) is 0 Å². The summed E-state index contributed by atoms with van der Waals surface area (Å²) < 4.78 is 0. The Labute approximate surface area is 96.8 Å². The van der Waals surface area contributed by atoms with Crippen molar-refractivity contribution in [3.8, 4) is 0 Å². The molecule has 1 fully saturated rings. The third kappa shape index (κ3) is 1.68. The van der Waals surface area contributed by atoms with Crippen LogP contribution in [0.3, 0.4) is 0 Å². The fourth-order valence-corrected chi connectivity index (χ4v) is 2.97. The maximum Gasteiger partial charge on any atom is 0.0441 e. The molecule has 1 N–H and O–H groups in total. The molecule has 0 heterocycles. The molecule has 1 nitrogen and oxygen atoms in total. The molecule has 15 heavy (non-hydrogen) atoms. The molecule has 1 saturated carbocycles. The standard InChI is InChI=1S/C13H18ClN/c1-13(2)10(8-12(13)15-3)9-6-4-5-7-11(9)14/h4-7,10,12,15H,8H2,1-3H3. The molecule has 0 spiro atoms. The van der Waals surface area contributed by atoms with Crippen LogP contribution in [-0.4, -0.2) is 13.1 Å². The molecular formula is C13H18ClN. The Morgan fingerprint density at radius 3 is 2.53 bits per heavy atom. The van der Waals surface area contributed by atoms with Crippen molar-refractivity contribution in [1.29, 1.82) is 0 Å². The van der Waals surface area contributed by atoms with Crippen molar-refractivity contribution < 1.29 is 0 Å². The highest BCUT2D eigenvalue weighted by Crippen LogP contribution is 2.53. The maximum absolute atomic E-state index is 6.23. The topological polar surface area (TPSA) is 12.0 Å². The van der Waals surface area contributed by atoms with Gasteiger partial charge in [-0.05, 0) is 36.4 Å². The summed E-state index contributed by atoms with van der Waals surface area (Å²) in [6.45, 7) is 4.62. The van der Waals surface area contributed by atoms with E-state index in [4.69, 9.17) is 11.6 Å². The van der Waals surface area contributed by atoms with Crippen molar-refractivity contribution in [2.24, 2.45) is 5.41 Å². The lowest BCUT2D eigenvalue weighted by Crippen LogP contribution is -2.54. The van der Waals surface area contributed by atoms with Crippen LogP contribution in [-0.2, 0) is 0 Å². The first kappa shape index (κ1) is 11.0. The minimum Gasteiger partial charge on any atom is -0.316 e. The number of nitrogens with one attached hydrogen (secondary N) is 1. The van der Waals surface area contributed by atoms with E-state index in [-0.39, 0.29) is 0 Å². The van der Waals surface area contributed by atoms with Gasteiger partial charge in [-0.2, -0.15) is 0 Å². The average molecular weight is 224 g/mol. The summed E-state index contributed by atoms with van der Waals surface area (Å²) in [6, 6.07) is 8.82. The van der Waals surface area contributed by atoms with Crippen molar-refractivity contribution in [2.45, 2.75) is 32.2 Å². The molecule has 2 unspecified atom stereocenters. The smallest absolute Gasteiger partial charge is 0.0441 e. The van der Waals surface area contributed by atoms with E-state index < -0.39 is 0 Å². The van der Waals surface area contributed by atoms with Crippen LogP contribution in [0.5, 0.6) is 0 Å². The van der Waals surface area contributed by atoms with Crippen LogP contribution >= 0.6 is 11.6 Å². The first-order valence-corrected chi connectivity index (χ1v) is 5.87. The molecule has 1 aromatic carbocycles. The Bertz CT molecular complexity index is 359. The summed E-state index contributed by atoms with van der Waals surface area (Å²) in [7, 11) is 2.04. The van der Waals surface area contributed by atoms with Gasteiger partial charge in [-0.1, -0.05) is 43.6 Å². The van der Waals surface area contributed by atoms with Crippen LogP contribution in [0.2, 0.25) is 5.02 Å². The van der Waals surface area contributed by atoms with Gasteiger partial charge >= 0.3 is 0 Å². The molecule has 0 aromatic heterocycles. The number of halogens is 1. The van der Waals surface area contributed by atoms with E-state index in [0.29, 0.717) is 17.4 Å². The summed E-state index contributed by atoms with van der Waals surface area (Å²) in [5.41, 5.74) is 1.61. The van der Waals surface area contributed by atoms with Gasteiger partial charge in [0.15, 0.2) is 0 Å². The van der Waals surface area contributed by atoms with Crippen molar-refractivity contribution in [1.82, 2.24) is 5.32 Å². The number of rotatable bonds is 2. The molecule has 1 aliphatic rings. The van der Waals surface area contributed by atoms with E-state index in [1.807, 2.05) is 19.2 Å². The zero-order valence-electron chi connectivity index (χ0n) is 9.55.